The number of anilines is 1. The van der Waals surface area contributed by atoms with Crippen molar-refractivity contribution in [1.29, 1.82) is 0 Å². The van der Waals surface area contributed by atoms with Gasteiger partial charge in [-0.15, -0.1) is 0 Å². The second-order valence-electron chi connectivity index (χ2n) is 7.21. The Hall–Kier alpha value is -1.15. The number of hydrogen-bond donors (Lipinski definition) is 2. The van der Waals surface area contributed by atoms with Crippen LogP contribution in [0.3, 0.4) is 0 Å². The second-order valence-corrected chi connectivity index (χ2v) is 8.63. The highest BCUT2D eigenvalue weighted by molar-refractivity contribution is 7.85. The molecule has 2 aliphatic heterocycles. The molecule has 0 amide bonds. The van der Waals surface area contributed by atoms with Crippen LogP contribution in [-0.4, -0.2) is 44.4 Å². The van der Waals surface area contributed by atoms with Crippen LogP contribution in [0.5, 0.6) is 0 Å². The van der Waals surface area contributed by atoms with Crippen molar-refractivity contribution in [2.24, 2.45) is 11.3 Å². The minimum atomic E-state index is -4.25. The lowest BCUT2D eigenvalue weighted by Crippen LogP contribution is -2.54. The average Bonchev–Trinajstić information content (AvgIpc) is 2.41. The topological polar surface area (TPSA) is 87.1 Å². The van der Waals surface area contributed by atoms with E-state index in [-0.39, 0.29) is 4.90 Å². The van der Waals surface area contributed by atoms with E-state index in [0.717, 1.165) is 32.0 Å². The smallest absolute Gasteiger partial charge is 0.294 e. The van der Waals surface area contributed by atoms with Gasteiger partial charge in [0.15, 0.2) is 0 Å². The fraction of sp³-hybridized carbons (Fsp3) is 0.625. The molecule has 0 radical (unpaired) electrons. The minimum absolute atomic E-state index is 0.161. The quantitative estimate of drug-likeness (QED) is 0.814. The first-order chi connectivity index (χ1) is 10.9. The van der Waals surface area contributed by atoms with Crippen LogP contribution in [0.2, 0.25) is 0 Å². The van der Waals surface area contributed by atoms with Crippen molar-refractivity contribution < 1.29 is 22.8 Å². The molecule has 1 saturated heterocycles. The number of hydrogen-bond acceptors (Lipinski definition) is 5. The molecule has 2 heterocycles. The van der Waals surface area contributed by atoms with Gasteiger partial charge < -0.3 is 14.7 Å². The van der Waals surface area contributed by atoms with Crippen LogP contribution >= 0.6 is 0 Å². The third-order valence-electron chi connectivity index (χ3n) is 5.41. The first-order valence-electron chi connectivity index (χ1n) is 7.99. The second kappa shape index (κ2) is 5.17. The lowest BCUT2D eigenvalue weighted by Gasteiger charge is -2.54. The molecule has 7 heteroatoms. The van der Waals surface area contributed by atoms with Gasteiger partial charge in [0.2, 0.25) is 0 Å². The van der Waals surface area contributed by atoms with Crippen molar-refractivity contribution >= 4 is 15.8 Å². The van der Waals surface area contributed by atoms with Gasteiger partial charge in [-0.05, 0) is 43.4 Å². The van der Waals surface area contributed by atoms with E-state index in [0.29, 0.717) is 23.3 Å². The van der Waals surface area contributed by atoms with Gasteiger partial charge in [-0.3, -0.25) is 4.55 Å². The Kier molecular flexibility index (Phi) is 3.46. The summed E-state index contributed by atoms with van der Waals surface area (Å²) >= 11 is 0. The standard InChI is InChI=1S/C16H21NO5S/c18-15-3-4-17(8-11-6-16(7-11)9-22-10-16)14-2-1-12(5-13(14)15)23(19,20)21/h1-2,5,11,15,18H,3-4,6-10H2,(H,19,20,21). The van der Waals surface area contributed by atoms with Gasteiger partial charge in [-0.1, -0.05) is 0 Å². The summed E-state index contributed by atoms with van der Waals surface area (Å²) in [5.41, 5.74) is 1.90. The molecule has 1 aliphatic carbocycles. The van der Waals surface area contributed by atoms with Crippen molar-refractivity contribution in [2.45, 2.75) is 30.3 Å². The molecule has 1 unspecified atom stereocenters. The van der Waals surface area contributed by atoms with Crippen LogP contribution in [0.25, 0.3) is 0 Å². The van der Waals surface area contributed by atoms with Crippen molar-refractivity contribution in [2.75, 3.05) is 31.2 Å². The summed E-state index contributed by atoms with van der Waals surface area (Å²) in [7, 11) is -4.25. The van der Waals surface area contributed by atoms with Crippen molar-refractivity contribution in [3.05, 3.63) is 23.8 Å². The number of nitrogens with zero attached hydrogens (tertiary/aromatic N) is 1. The molecule has 23 heavy (non-hydrogen) atoms. The van der Waals surface area contributed by atoms with Gasteiger partial charge in [0.05, 0.1) is 24.2 Å². The molecule has 126 valence electrons. The molecule has 1 saturated carbocycles. The highest BCUT2D eigenvalue weighted by Crippen LogP contribution is 2.51. The Morgan fingerprint density at radius 2 is 2.04 bits per heavy atom. The minimum Gasteiger partial charge on any atom is -0.388 e. The van der Waals surface area contributed by atoms with Crippen molar-refractivity contribution in [3.63, 3.8) is 0 Å². The fourth-order valence-electron chi connectivity index (χ4n) is 4.22. The lowest BCUT2D eigenvalue weighted by molar-refractivity contribution is -0.177. The van der Waals surface area contributed by atoms with E-state index in [1.807, 2.05) is 0 Å². The van der Waals surface area contributed by atoms with E-state index in [1.54, 1.807) is 6.07 Å². The number of ether oxygens (including phenoxy) is 1. The van der Waals surface area contributed by atoms with E-state index in [9.17, 15) is 18.1 Å². The van der Waals surface area contributed by atoms with Crippen LogP contribution in [0, 0.1) is 11.3 Å². The molecule has 2 fully saturated rings. The maximum Gasteiger partial charge on any atom is 0.294 e. The monoisotopic (exact) mass is 339 g/mol. The Labute approximate surface area is 135 Å². The van der Waals surface area contributed by atoms with E-state index < -0.39 is 16.2 Å². The maximum absolute atomic E-state index is 11.3. The van der Waals surface area contributed by atoms with E-state index >= 15 is 0 Å². The molecule has 0 bridgehead atoms. The molecule has 2 N–H and O–H groups in total. The van der Waals surface area contributed by atoms with Gasteiger partial charge in [0.25, 0.3) is 10.1 Å². The number of fused-ring (bicyclic) bond motifs is 1. The Morgan fingerprint density at radius 1 is 1.30 bits per heavy atom. The first kappa shape index (κ1) is 15.4. The van der Waals surface area contributed by atoms with E-state index in [2.05, 4.69) is 4.90 Å². The summed E-state index contributed by atoms with van der Waals surface area (Å²) in [6.45, 7) is 3.46. The van der Waals surface area contributed by atoms with Crippen molar-refractivity contribution in [1.82, 2.24) is 0 Å². The molecule has 6 nitrogen and oxygen atoms in total. The summed E-state index contributed by atoms with van der Waals surface area (Å²) in [4.78, 5) is 2.07. The summed E-state index contributed by atoms with van der Waals surface area (Å²) in [6.07, 6.45) is 2.26. The summed E-state index contributed by atoms with van der Waals surface area (Å²) < 4.78 is 37.1. The third-order valence-corrected chi connectivity index (χ3v) is 6.26. The normalized spacial score (nSPS) is 26.5. The molecule has 1 aromatic rings. The number of aliphatic hydroxyl groups excluding tert-OH is 1. The highest BCUT2D eigenvalue weighted by atomic mass is 32.2. The molecule has 4 rings (SSSR count). The summed E-state index contributed by atoms with van der Waals surface area (Å²) in [5.74, 6) is 0.628. The van der Waals surface area contributed by atoms with E-state index in [4.69, 9.17) is 4.74 Å². The van der Waals surface area contributed by atoms with Crippen LogP contribution in [0.4, 0.5) is 5.69 Å². The summed E-state index contributed by atoms with van der Waals surface area (Å²) in [6, 6.07) is 4.49. The zero-order valence-corrected chi connectivity index (χ0v) is 13.6. The predicted octanol–water partition coefficient (Wildman–Crippen LogP) is 1.60. The number of benzene rings is 1. The molecular formula is C16H21NO5S. The number of aliphatic hydroxyl groups is 1. The molecule has 1 atom stereocenters. The third kappa shape index (κ3) is 2.65. The first-order valence-corrected chi connectivity index (χ1v) is 9.43. The Bertz CT molecular complexity index is 720. The summed E-state index contributed by atoms with van der Waals surface area (Å²) in [5, 5.41) is 10.2. The molecule has 1 aromatic carbocycles. The maximum atomic E-state index is 11.3. The predicted molar refractivity (Wildman–Crippen MR) is 84.0 cm³/mol. The van der Waals surface area contributed by atoms with Crippen molar-refractivity contribution in [3.8, 4) is 0 Å². The largest absolute Gasteiger partial charge is 0.388 e. The van der Waals surface area contributed by atoms with Gasteiger partial charge in [0.1, 0.15) is 0 Å². The van der Waals surface area contributed by atoms with E-state index in [1.165, 1.54) is 25.0 Å². The highest BCUT2D eigenvalue weighted by Gasteiger charge is 2.50. The van der Waals surface area contributed by atoms with Crippen LogP contribution in [-0.2, 0) is 14.9 Å². The average molecular weight is 339 g/mol. The SMILES string of the molecule is O=S(=O)(O)c1ccc2c(c1)C(O)CCN2CC1CC2(COC2)C1. The lowest BCUT2D eigenvalue weighted by atomic mass is 9.60. The zero-order valence-electron chi connectivity index (χ0n) is 12.8. The van der Waals surface area contributed by atoms with Gasteiger partial charge in [-0.25, -0.2) is 0 Å². The molecule has 1 spiro atoms. The zero-order chi connectivity index (χ0) is 16.2. The van der Waals surface area contributed by atoms with Crippen LogP contribution in [0.15, 0.2) is 23.1 Å². The van der Waals surface area contributed by atoms with Gasteiger partial charge in [-0.2, -0.15) is 8.42 Å². The molecule has 0 aromatic heterocycles. The van der Waals surface area contributed by atoms with Crippen LogP contribution in [0.1, 0.15) is 30.9 Å². The fourth-order valence-corrected chi connectivity index (χ4v) is 4.74. The van der Waals surface area contributed by atoms with Crippen LogP contribution < -0.4 is 4.90 Å². The Morgan fingerprint density at radius 3 is 2.65 bits per heavy atom. The van der Waals surface area contributed by atoms with Gasteiger partial charge in [0, 0.05) is 29.8 Å². The molecular weight excluding hydrogens is 318 g/mol. The molecule has 3 aliphatic rings. The number of rotatable bonds is 3. The Balaban J connectivity index is 1.54. The van der Waals surface area contributed by atoms with Gasteiger partial charge >= 0.3 is 0 Å².